The number of nitrogens with zero attached hydrogens (tertiary/aromatic N) is 3. The summed E-state index contributed by atoms with van der Waals surface area (Å²) < 4.78 is 0.927. The molecular weight excluding hydrogens is 432 g/mol. The number of aromatic amines is 1. The molecule has 1 atom stereocenters. The number of amides is 2. The maximum absolute atomic E-state index is 13.5. The highest BCUT2D eigenvalue weighted by Gasteiger charge is 2.54. The van der Waals surface area contributed by atoms with Gasteiger partial charge in [0.1, 0.15) is 6.54 Å². The van der Waals surface area contributed by atoms with Gasteiger partial charge in [0.2, 0.25) is 5.91 Å². The quantitative estimate of drug-likeness (QED) is 0.607. The van der Waals surface area contributed by atoms with E-state index < -0.39 is 5.54 Å². The van der Waals surface area contributed by atoms with Gasteiger partial charge in [-0.05, 0) is 42.7 Å². The van der Waals surface area contributed by atoms with Crippen molar-refractivity contribution in [3.63, 3.8) is 0 Å². The van der Waals surface area contributed by atoms with Crippen molar-refractivity contribution in [2.45, 2.75) is 18.9 Å². The summed E-state index contributed by atoms with van der Waals surface area (Å²) >= 11 is 3.43. The van der Waals surface area contributed by atoms with E-state index in [0.29, 0.717) is 6.54 Å². The number of para-hydroxylation sites is 1. The van der Waals surface area contributed by atoms with Gasteiger partial charge in [-0.3, -0.25) is 9.59 Å². The summed E-state index contributed by atoms with van der Waals surface area (Å²) in [5.41, 5.74) is 2.65. The number of hydrogen-bond acceptors (Lipinski definition) is 3. The molecule has 146 valence electrons. The lowest BCUT2D eigenvalue weighted by Gasteiger charge is -2.48. The third-order valence-electron chi connectivity index (χ3n) is 5.86. The van der Waals surface area contributed by atoms with Gasteiger partial charge in [0.05, 0.1) is 11.9 Å². The van der Waals surface area contributed by atoms with Gasteiger partial charge in [0.15, 0.2) is 5.54 Å². The van der Waals surface area contributed by atoms with Crippen molar-refractivity contribution in [1.29, 1.82) is 0 Å². The van der Waals surface area contributed by atoms with Crippen LogP contribution in [0.1, 0.15) is 23.7 Å². The zero-order chi connectivity index (χ0) is 20.2. The van der Waals surface area contributed by atoms with Crippen LogP contribution in [0.4, 0.5) is 0 Å². The molecule has 6 nitrogen and oxygen atoms in total. The molecule has 2 aliphatic heterocycles. The average molecular weight is 451 g/mol. The highest BCUT2D eigenvalue weighted by molar-refractivity contribution is 9.10. The molecule has 2 amide bonds. The van der Waals surface area contributed by atoms with Gasteiger partial charge in [0, 0.05) is 21.9 Å². The monoisotopic (exact) mass is 450 g/mol. The first-order valence-corrected chi connectivity index (χ1v) is 10.3. The Balaban J connectivity index is 1.57. The van der Waals surface area contributed by atoms with Crippen LogP contribution in [0.3, 0.4) is 0 Å². The van der Waals surface area contributed by atoms with Crippen molar-refractivity contribution in [2.24, 2.45) is 5.10 Å². The zero-order valence-corrected chi connectivity index (χ0v) is 17.4. The fraction of sp³-hybridized carbons (Fsp3) is 0.227. The van der Waals surface area contributed by atoms with Crippen LogP contribution >= 0.6 is 15.9 Å². The van der Waals surface area contributed by atoms with E-state index in [1.807, 2.05) is 49.4 Å². The number of benzene rings is 2. The normalized spacial score (nSPS) is 21.7. The summed E-state index contributed by atoms with van der Waals surface area (Å²) in [6.45, 7) is 2.30. The lowest BCUT2D eigenvalue weighted by atomic mass is 9.83. The fourth-order valence-corrected chi connectivity index (χ4v) is 4.82. The maximum Gasteiger partial charge on any atom is 0.275 e. The number of halogens is 1. The number of carbonyl (C=O) groups excluding carboxylic acids is 2. The molecule has 29 heavy (non-hydrogen) atoms. The largest absolute Gasteiger partial charge is 0.356 e. The number of carbonyl (C=O) groups is 2. The van der Waals surface area contributed by atoms with Crippen molar-refractivity contribution in [3.05, 3.63) is 69.8 Å². The molecule has 1 N–H and O–H groups in total. The van der Waals surface area contributed by atoms with E-state index in [0.717, 1.165) is 38.6 Å². The van der Waals surface area contributed by atoms with E-state index in [1.165, 1.54) is 5.01 Å². The number of rotatable bonds is 2. The zero-order valence-electron chi connectivity index (χ0n) is 15.9. The SMILES string of the molecule is C[C@@]12C(=O)N(/N=C\c3cccc(Br)c3)CC(=O)N1CCc1c2[nH]c2ccccc12. The van der Waals surface area contributed by atoms with E-state index in [-0.39, 0.29) is 18.4 Å². The topological polar surface area (TPSA) is 68.8 Å². The van der Waals surface area contributed by atoms with Crippen molar-refractivity contribution in [3.8, 4) is 0 Å². The molecule has 7 heteroatoms. The van der Waals surface area contributed by atoms with Crippen LogP contribution in [0.25, 0.3) is 10.9 Å². The van der Waals surface area contributed by atoms with Crippen molar-refractivity contribution < 1.29 is 9.59 Å². The molecule has 1 saturated heterocycles. The average Bonchev–Trinajstić information content (AvgIpc) is 3.10. The molecule has 5 rings (SSSR count). The van der Waals surface area contributed by atoms with Crippen LogP contribution in [0.15, 0.2) is 58.1 Å². The first-order valence-electron chi connectivity index (χ1n) is 9.50. The highest BCUT2D eigenvalue weighted by atomic mass is 79.9. The Bertz CT molecular complexity index is 1180. The third kappa shape index (κ3) is 2.72. The molecule has 3 aromatic rings. The molecular formula is C22H19BrN4O2. The first kappa shape index (κ1) is 18.1. The Morgan fingerprint density at radius 2 is 2.00 bits per heavy atom. The summed E-state index contributed by atoms with van der Waals surface area (Å²) in [6.07, 6.45) is 2.35. The molecule has 0 bridgehead atoms. The number of H-pyrrole nitrogens is 1. The summed E-state index contributed by atoms with van der Waals surface area (Å²) in [7, 11) is 0. The Kier molecular flexibility index (Phi) is 4.10. The van der Waals surface area contributed by atoms with Crippen molar-refractivity contribution in [2.75, 3.05) is 13.1 Å². The number of aromatic nitrogens is 1. The Morgan fingerprint density at radius 1 is 1.17 bits per heavy atom. The molecule has 0 aliphatic carbocycles. The summed E-state index contributed by atoms with van der Waals surface area (Å²) in [5.74, 6) is -0.293. The number of piperazine rings is 1. The standard InChI is InChI=1S/C22H19BrN4O2/c1-22-20-17(16-7-2-3-8-18(16)25-20)9-10-26(22)19(28)13-27(21(22)29)24-12-14-5-4-6-15(23)11-14/h2-8,11-12,25H,9-10,13H2,1H3/b24-12-/t22-/m1/s1. The Hall–Kier alpha value is -2.93. The first-order chi connectivity index (χ1) is 14.0. The molecule has 1 aromatic heterocycles. The second-order valence-electron chi connectivity index (χ2n) is 7.55. The van der Waals surface area contributed by atoms with Gasteiger partial charge in [-0.2, -0.15) is 5.10 Å². The number of hydrazone groups is 1. The molecule has 1 fully saturated rings. The lowest BCUT2D eigenvalue weighted by molar-refractivity contribution is -0.165. The fourth-order valence-electron chi connectivity index (χ4n) is 4.41. The minimum Gasteiger partial charge on any atom is -0.356 e. The molecule has 0 radical (unpaired) electrons. The van der Waals surface area contributed by atoms with Gasteiger partial charge in [-0.15, -0.1) is 0 Å². The van der Waals surface area contributed by atoms with Crippen LogP contribution in [0, 0.1) is 0 Å². The second kappa shape index (κ2) is 6.56. The van der Waals surface area contributed by atoms with Gasteiger partial charge < -0.3 is 9.88 Å². The van der Waals surface area contributed by atoms with E-state index in [9.17, 15) is 9.59 Å². The third-order valence-corrected chi connectivity index (χ3v) is 6.35. The van der Waals surface area contributed by atoms with E-state index in [1.54, 1.807) is 11.1 Å². The predicted molar refractivity (Wildman–Crippen MR) is 115 cm³/mol. The molecule has 0 spiro atoms. The second-order valence-corrected chi connectivity index (χ2v) is 8.47. The molecule has 0 unspecified atom stereocenters. The molecule has 0 saturated carbocycles. The van der Waals surface area contributed by atoms with Crippen molar-refractivity contribution >= 4 is 44.9 Å². The van der Waals surface area contributed by atoms with Crippen LogP contribution in [-0.2, 0) is 21.5 Å². The Labute approximate surface area is 176 Å². The summed E-state index contributed by atoms with van der Waals surface area (Å²) in [6, 6.07) is 15.6. The highest BCUT2D eigenvalue weighted by Crippen LogP contribution is 2.41. The Morgan fingerprint density at radius 3 is 2.83 bits per heavy atom. The van der Waals surface area contributed by atoms with Crippen LogP contribution in [-0.4, -0.2) is 46.0 Å². The minimum atomic E-state index is -1.09. The number of fused-ring (bicyclic) bond motifs is 5. The molecule has 3 heterocycles. The van der Waals surface area contributed by atoms with Crippen LogP contribution in [0.2, 0.25) is 0 Å². The summed E-state index contributed by atoms with van der Waals surface area (Å²) in [5, 5.41) is 6.77. The number of hydrogen-bond donors (Lipinski definition) is 1. The lowest BCUT2D eigenvalue weighted by Crippen LogP contribution is -2.65. The van der Waals surface area contributed by atoms with Gasteiger partial charge in [-0.1, -0.05) is 46.3 Å². The summed E-state index contributed by atoms with van der Waals surface area (Å²) in [4.78, 5) is 31.6. The molecule has 2 aromatic carbocycles. The van der Waals surface area contributed by atoms with Gasteiger partial charge in [0.25, 0.3) is 5.91 Å². The molecule has 2 aliphatic rings. The van der Waals surface area contributed by atoms with Crippen LogP contribution in [0.5, 0.6) is 0 Å². The van der Waals surface area contributed by atoms with E-state index in [4.69, 9.17) is 0 Å². The van der Waals surface area contributed by atoms with Crippen LogP contribution < -0.4 is 0 Å². The van der Waals surface area contributed by atoms with E-state index >= 15 is 0 Å². The van der Waals surface area contributed by atoms with E-state index in [2.05, 4.69) is 32.1 Å². The number of nitrogens with one attached hydrogen (secondary N) is 1. The van der Waals surface area contributed by atoms with Gasteiger partial charge in [-0.25, -0.2) is 5.01 Å². The predicted octanol–water partition coefficient (Wildman–Crippen LogP) is 3.41. The van der Waals surface area contributed by atoms with Gasteiger partial charge >= 0.3 is 0 Å². The smallest absolute Gasteiger partial charge is 0.275 e. The maximum atomic E-state index is 13.5. The minimum absolute atomic E-state index is 0.0471. The van der Waals surface area contributed by atoms with Crippen molar-refractivity contribution in [1.82, 2.24) is 14.9 Å².